The third-order valence-corrected chi connectivity index (χ3v) is 4.46. The minimum absolute atomic E-state index is 0.718. The van der Waals surface area contributed by atoms with Gasteiger partial charge in [-0.15, -0.1) is 0 Å². The molecule has 0 aliphatic carbocycles. The number of nitrogens with zero attached hydrogens (tertiary/aromatic N) is 2. The van der Waals surface area contributed by atoms with Crippen molar-refractivity contribution >= 4 is 28.7 Å². The number of hydrogen-bond donors (Lipinski definition) is 2. The van der Waals surface area contributed by atoms with E-state index in [1.54, 1.807) is 0 Å². The highest BCUT2D eigenvalue weighted by atomic mass is 32.2. The summed E-state index contributed by atoms with van der Waals surface area (Å²) >= 11 is 3.45. The highest BCUT2D eigenvalue weighted by Gasteiger charge is 2.12. The van der Waals surface area contributed by atoms with Gasteiger partial charge in [0.15, 0.2) is 11.4 Å². The van der Waals surface area contributed by atoms with Crippen molar-refractivity contribution in [3.8, 4) is 6.19 Å². The number of nitrogens with one attached hydrogen (secondary N) is 2. The zero-order valence-electron chi connectivity index (χ0n) is 10.2. The van der Waals surface area contributed by atoms with E-state index in [2.05, 4.69) is 15.6 Å². The second-order valence-electron chi connectivity index (χ2n) is 3.90. The number of nitriles is 1. The van der Waals surface area contributed by atoms with Crippen LogP contribution >= 0.6 is 23.5 Å². The van der Waals surface area contributed by atoms with Crippen LogP contribution in [0.25, 0.3) is 0 Å². The summed E-state index contributed by atoms with van der Waals surface area (Å²) in [5, 5.41) is 15.1. The zero-order valence-corrected chi connectivity index (χ0v) is 11.9. The van der Waals surface area contributed by atoms with Gasteiger partial charge >= 0.3 is 0 Å². The molecule has 0 unspecified atom stereocenters. The third-order valence-electron chi connectivity index (χ3n) is 2.66. The molecule has 4 nitrogen and oxygen atoms in total. The molecule has 1 saturated heterocycles. The number of aliphatic imine (C=N–C) groups is 1. The van der Waals surface area contributed by atoms with Crippen LogP contribution in [-0.4, -0.2) is 42.6 Å². The summed E-state index contributed by atoms with van der Waals surface area (Å²) in [4.78, 5) is 4.33. The van der Waals surface area contributed by atoms with E-state index in [0.717, 1.165) is 23.4 Å². The van der Waals surface area contributed by atoms with Crippen molar-refractivity contribution in [3.63, 3.8) is 0 Å². The van der Waals surface area contributed by atoms with E-state index in [9.17, 15) is 0 Å². The van der Waals surface area contributed by atoms with Gasteiger partial charge in [-0.05, 0) is 43.9 Å². The summed E-state index contributed by atoms with van der Waals surface area (Å²) < 4.78 is 0. The molecular formula is C11H20N4S2. The molecule has 0 aromatic heterocycles. The maximum atomic E-state index is 8.47. The molecule has 17 heavy (non-hydrogen) atoms. The predicted octanol–water partition coefficient (Wildman–Crippen LogP) is 1.51. The van der Waals surface area contributed by atoms with Crippen LogP contribution in [0.15, 0.2) is 4.99 Å². The molecular weight excluding hydrogens is 252 g/mol. The van der Waals surface area contributed by atoms with Gasteiger partial charge in [0.2, 0.25) is 0 Å². The number of amidine groups is 1. The fourth-order valence-electron chi connectivity index (χ4n) is 1.71. The van der Waals surface area contributed by atoms with Crippen LogP contribution in [0.3, 0.4) is 0 Å². The molecule has 0 spiro atoms. The van der Waals surface area contributed by atoms with Gasteiger partial charge in [0, 0.05) is 5.75 Å². The van der Waals surface area contributed by atoms with Crippen LogP contribution in [0.4, 0.5) is 0 Å². The van der Waals surface area contributed by atoms with Crippen LogP contribution in [0.1, 0.15) is 12.8 Å². The van der Waals surface area contributed by atoms with Gasteiger partial charge in [-0.1, -0.05) is 11.8 Å². The normalized spacial score (nSPS) is 17.8. The Morgan fingerprint density at radius 2 is 2.29 bits per heavy atom. The van der Waals surface area contributed by atoms with Crippen LogP contribution in [0.2, 0.25) is 0 Å². The maximum absolute atomic E-state index is 8.47. The van der Waals surface area contributed by atoms with E-state index in [-0.39, 0.29) is 0 Å². The quantitative estimate of drug-likeness (QED) is 0.261. The number of thioether (sulfide) groups is 2. The van der Waals surface area contributed by atoms with E-state index < -0.39 is 0 Å². The first-order chi connectivity index (χ1) is 8.36. The number of piperidine rings is 1. The SMILES string of the molecule is CSC(=NCCSCC1CCNCC1)NC#N. The van der Waals surface area contributed by atoms with Crippen LogP contribution < -0.4 is 10.6 Å². The Balaban J connectivity index is 2.05. The second kappa shape index (κ2) is 9.63. The molecule has 1 aliphatic rings. The first-order valence-corrected chi connectivity index (χ1v) is 8.26. The van der Waals surface area contributed by atoms with Crippen molar-refractivity contribution < 1.29 is 0 Å². The van der Waals surface area contributed by atoms with Crippen molar-refractivity contribution in [1.82, 2.24) is 10.6 Å². The Labute approximate surface area is 112 Å². The second-order valence-corrected chi connectivity index (χ2v) is 5.84. The van der Waals surface area contributed by atoms with Gasteiger partial charge in [-0.2, -0.15) is 17.0 Å². The summed E-state index contributed by atoms with van der Waals surface area (Å²) in [5.74, 6) is 3.17. The highest BCUT2D eigenvalue weighted by Crippen LogP contribution is 2.17. The van der Waals surface area contributed by atoms with Crippen molar-refractivity contribution in [2.75, 3.05) is 37.4 Å². The van der Waals surface area contributed by atoms with Crippen molar-refractivity contribution in [3.05, 3.63) is 0 Å². The Kier molecular flexibility index (Phi) is 8.32. The van der Waals surface area contributed by atoms with Gasteiger partial charge in [-0.25, -0.2) is 0 Å². The molecule has 0 atom stereocenters. The average molecular weight is 272 g/mol. The standard InChI is InChI=1S/C11H20N4S2/c1-16-11(15-9-12)14-6-7-17-8-10-2-4-13-5-3-10/h10,13H,2-8H2,1H3,(H,14,15). The molecule has 0 aromatic carbocycles. The van der Waals surface area contributed by atoms with Crippen molar-refractivity contribution in [2.45, 2.75) is 12.8 Å². The largest absolute Gasteiger partial charge is 0.317 e. The summed E-state index contributed by atoms with van der Waals surface area (Å²) in [6.07, 6.45) is 6.43. The minimum atomic E-state index is 0.718. The minimum Gasteiger partial charge on any atom is -0.317 e. The lowest BCUT2D eigenvalue weighted by Crippen LogP contribution is -2.28. The smallest absolute Gasteiger partial charge is 0.183 e. The summed E-state index contributed by atoms with van der Waals surface area (Å²) in [6.45, 7) is 3.14. The van der Waals surface area contributed by atoms with Crippen molar-refractivity contribution in [2.24, 2.45) is 10.9 Å². The Hall–Kier alpha value is -0.380. The molecule has 96 valence electrons. The van der Waals surface area contributed by atoms with E-state index in [0.29, 0.717) is 0 Å². The zero-order chi connectivity index (χ0) is 12.3. The molecule has 0 saturated carbocycles. The molecule has 1 fully saturated rings. The Morgan fingerprint density at radius 1 is 1.53 bits per heavy atom. The van der Waals surface area contributed by atoms with Gasteiger partial charge < -0.3 is 5.32 Å². The first kappa shape index (κ1) is 14.7. The molecule has 1 aliphatic heterocycles. The highest BCUT2D eigenvalue weighted by molar-refractivity contribution is 8.13. The Bertz CT molecular complexity index is 269. The van der Waals surface area contributed by atoms with E-state index >= 15 is 0 Å². The summed E-state index contributed by atoms with van der Waals surface area (Å²) in [7, 11) is 0. The average Bonchev–Trinajstić information content (AvgIpc) is 2.38. The molecule has 1 rings (SSSR count). The molecule has 0 aromatic rings. The van der Waals surface area contributed by atoms with E-state index in [1.165, 1.54) is 43.4 Å². The predicted molar refractivity (Wildman–Crippen MR) is 77.5 cm³/mol. The number of hydrogen-bond acceptors (Lipinski definition) is 5. The van der Waals surface area contributed by atoms with Crippen molar-refractivity contribution in [1.29, 1.82) is 5.26 Å². The summed E-state index contributed by atoms with van der Waals surface area (Å²) in [5.41, 5.74) is 0. The number of rotatable bonds is 5. The van der Waals surface area contributed by atoms with Crippen LogP contribution in [0, 0.1) is 17.4 Å². The van der Waals surface area contributed by atoms with Crippen LogP contribution in [-0.2, 0) is 0 Å². The monoisotopic (exact) mass is 272 g/mol. The lowest BCUT2D eigenvalue weighted by atomic mass is 10.0. The maximum Gasteiger partial charge on any atom is 0.183 e. The van der Waals surface area contributed by atoms with E-state index in [1.807, 2.05) is 24.2 Å². The fraction of sp³-hybridized carbons (Fsp3) is 0.818. The topological polar surface area (TPSA) is 60.2 Å². The molecule has 2 N–H and O–H groups in total. The molecule has 6 heteroatoms. The van der Waals surface area contributed by atoms with Gasteiger partial charge in [0.05, 0.1) is 6.54 Å². The first-order valence-electron chi connectivity index (χ1n) is 5.89. The fourth-order valence-corrected chi connectivity index (χ4v) is 3.13. The lowest BCUT2D eigenvalue weighted by molar-refractivity contribution is 0.408. The van der Waals surface area contributed by atoms with E-state index in [4.69, 9.17) is 5.26 Å². The molecule has 0 amide bonds. The van der Waals surface area contributed by atoms with Gasteiger partial charge in [0.1, 0.15) is 0 Å². The van der Waals surface area contributed by atoms with Crippen LogP contribution in [0.5, 0.6) is 0 Å². The Morgan fingerprint density at radius 3 is 2.94 bits per heavy atom. The molecule has 0 radical (unpaired) electrons. The summed E-state index contributed by atoms with van der Waals surface area (Å²) in [6, 6.07) is 0. The molecule has 1 heterocycles. The third kappa shape index (κ3) is 6.81. The molecule has 0 bridgehead atoms. The lowest BCUT2D eigenvalue weighted by Gasteiger charge is -2.21. The van der Waals surface area contributed by atoms with Gasteiger partial charge in [0.25, 0.3) is 0 Å². The van der Waals surface area contributed by atoms with Gasteiger partial charge in [-0.3, -0.25) is 10.3 Å².